The van der Waals surface area contributed by atoms with Gasteiger partial charge in [0, 0.05) is 0 Å². The normalized spacial score (nSPS) is 10.2. The van der Waals surface area contributed by atoms with Crippen LogP contribution in [0.25, 0.3) is 0 Å². The van der Waals surface area contributed by atoms with Gasteiger partial charge >= 0.3 is 0 Å². The Labute approximate surface area is 120 Å². The highest BCUT2D eigenvalue weighted by molar-refractivity contribution is 5.95. The summed E-state index contributed by atoms with van der Waals surface area (Å²) in [6, 6.07) is 3.73. The Morgan fingerprint density at radius 2 is 1.80 bits per heavy atom. The van der Waals surface area contributed by atoms with Gasteiger partial charge in [0.05, 0.1) is 20.8 Å². The van der Waals surface area contributed by atoms with Crippen LogP contribution < -0.4 is 20.1 Å². The highest BCUT2D eigenvalue weighted by Crippen LogP contribution is 2.35. The van der Waals surface area contributed by atoms with Crippen LogP contribution in [0.5, 0.6) is 11.5 Å². The molecule has 0 aromatic heterocycles. The lowest BCUT2D eigenvalue weighted by Crippen LogP contribution is -2.29. The molecule has 0 saturated carbocycles. The summed E-state index contributed by atoms with van der Waals surface area (Å²) in [5.41, 5.74) is 1.58. The van der Waals surface area contributed by atoms with Crippen molar-refractivity contribution in [2.75, 3.05) is 32.6 Å². The van der Waals surface area contributed by atoms with Crippen LogP contribution in [-0.2, 0) is 4.79 Å². The lowest BCUT2D eigenvalue weighted by Gasteiger charge is -2.15. The maximum absolute atomic E-state index is 11.9. The monoisotopic (exact) mass is 280 g/mol. The Bertz CT molecular complexity index is 422. The molecule has 0 radical (unpaired) electrons. The molecular formula is C15H24N2O3. The van der Waals surface area contributed by atoms with Gasteiger partial charge in [-0.1, -0.05) is 13.3 Å². The standard InChI is InChI=1S/C15H24N2O3/c1-5-6-7-16-10-14(18)17-15-12(19-3)8-11(2)9-13(15)20-4/h8-9,16H,5-7,10H2,1-4H3,(H,17,18). The quantitative estimate of drug-likeness (QED) is 0.718. The number of anilines is 1. The molecule has 0 unspecified atom stereocenters. The number of methoxy groups -OCH3 is 2. The number of carbonyl (C=O) groups excluding carboxylic acids is 1. The number of unbranched alkanes of at least 4 members (excludes halogenated alkanes) is 1. The summed E-state index contributed by atoms with van der Waals surface area (Å²) < 4.78 is 10.6. The second kappa shape index (κ2) is 8.43. The molecule has 0 atom stereocenters. The smallest absolute Gasteiger partial charge is 0.238 e. The third-order valence-corrected chi connectivity index (χ3v) is 2.91. The minimum absolute atomic E-state index is 0.110. The first-order valence-corrected chi connectivity index (χ1v) is 6.85. The molecule has 1 aromatic carbocycles. The van der Waals surface area contributed by atoms with Crippen molar-refractivity contribution in [1.29, 1.82) is 0 Å². The summed E-state index contributed by atoms with van der Waals surface area (Å²) in [6.07, 6.45) is 2.17. The van der Waals surface area contributed by atoms with Crippen molar-refractivity contribution >= 4 is 11.6 Å². The van der Waals surface area contributed by atoms with Gasteiger partial charge < -0.3 is 20.1 Å². The third-order valence-electron chi connectivity index (χ3n) is 2.91. The first kappa shape index (κ1) is 16.3. The second-order valence-electron chi connectivity index (χ2n) is 4.62. The van der Waals surface area contributed by atoms with Gasteiger partial charge in [-0.25, -0.2) is 0 Å². The summed E-state index contributed by atoms with van der Waals surface area (Å²) >= 11 is 0. The fourth-order valence-electron chi connectivity index (χ4n) is 1.85. The van der Waals surface area contributed by atoms with Crippen molar-refractivity contribution in [2.24, 2.45) is 0 Å². The Morgan fingerprint density at radius 3 is 2.30 bits per heavy atom. The lowest BCUT2D eigenvalue weighted by atomic mass is 10.2. The summed E-state index contributed by atoms with van der Waals surface area (Å²) in [7, 11) is 3.15. The average Bonchev–Trinajstić information content (AvgIpc) is 2.44. The van der Waals surface area contributed by atoms with Crippen molar-refractivity contribution in [3.8, 4) is 11.5 Å². The van der Waals surface area contributed by atoms with Gasteiger partial charge in [-0.15, -0.1) is 0 Å². The number of hydrogen-bond donors (Lipinski definition) is 2. The molecule has 2 N–H and O–H groups in total. The largest absolute Gasteiger partial charge is 0.494 e. The summed E-state index contributed by atoms with van der Waals surface area (Å²) in [4.78, 5) is 11.9. The zero-order chi connectivity index (χ0) is 15.0. The number of rotatable bonds is 8. The van der Waals surface area contributed by atoms with E-state index in [0.29, 0.717) is 17.2 Å². The maximum Gasteiger partial charge on any atom is 0.238 e. The molecular weight excluding hydrogens is 256 g/mol. The van der Waals surface area contributed by atoms with E-state index in [1.165, 1.54) is 0 Å². The Hall–Kier alpha value is -1.75. The fourth-order valence-corrected chi connectivity index (χ4v) is 1.85. The van der Waals surface area contributed by atoms with Gasteiger partial charge in [-0.05, 0) is 37.6 Å². The van der Waals surface area contributed by atoms with Gasteiger partial charge in [0.15, 0.2) is 0 Å². The van der Waals surface area contributed by atoms with E-state index < -0.39 is 0 Å². The molecule has 1 rings (SSSR count). The molecule has 0 aliphatic heterocycles. The molecule has 20 heavy (non-hydrogen) atoms. The minimum Gasteiger partial charge on any atom is -0.494 e. The average molecular weight is 280 g/mol. The Kier molecular flexibility index (Phi) is 6.87. The van der Waals surface area contributed by atoms with E-state index in [4.69, 9.17) is 9.47 Å². The van der Waals surface area contributed by atoms with Crippen molar-refractivity contribution in [2.45, 2.75) is 26.7 Å². The fraction of sp³-hybridized carbons (Fsp3) is 0.533. The molecule has 0 aliphatic rings. The molecule has 5 nitrogen and oxygen atoms in total. The molecule has 0 heterocycles. The number of amides is 1. The number of aryl methyl sites for hydroxylation is 1. The van der Waals surface area contributed by atoms with Crippen molar-refractivity contribution in [3.63, 3.8) is 0 Å². The van der Waals surface area contributed by atoms with Crippen LogP contribution in [0, 0.1) is 6.92 Å². The van der Waals surface area contributed by atoms with Crippen LogP contribution >= 0.6 is 0 Å². The summed E-state index contributed by atoms with van der Waals surface area (Å²) in [6.45, 7) is 5.18. The lowest BCUT2D eigenvalue weighted by molar-refractivity contribution is -0.115. The topological polar surface area (TPSA) is 59.6 Å². The first-order valence-electron chi connectivity index (χ1n) is 6.85. The Balaban J connectivity index is 2.72. The van der Waals surface area contributed by atoms with E-state index >= 15 is 0 Å². The zero-order valence-electron chi connectivity index (χ0n) is 12.7. The van der Waals surface area contributed by atoms with Crippen LogP contribution in [-0.4, -0.2) is 33.2 Å². The number of benzene rings is 1. The van der Waals surface area contributed by atoms with E-state index in [9.17, 15) is 4.79 Å². The minimum atomic E-state index is -0.110. The van der Waals surface area contributed by atoms with Gasteiger partial charge in [-0.2, -0.15) is 0 Å². The second-order valence-corrected chi connectivity index (χ2v) is 4.62. The highest BCUT2D eigenvalue weighted by atomic mass is 16.5. The van der Waals surface area contributed by atoms with Crippen molar-refractivity contribution < 1.29 is 14.3 Å². The zero-order valence-corrected chi connectivity index (χ0v) is 12.7. The number of hydrogen-bond acceptors (Lipinski definition) is 4. The van der Waals surface area contributed by atoms with E-state index in [2.05, 4.69) is 17.6 Å². The molecule has 112 valence electrons. The maximum atomic E-state index is 11.9. The van der Waals surface area contributed by atoms with E-state index in [1.54, 1.807) is 14.2 Å². The Morgan fingerprint density at radius 1 is 1.20 bits per heavy atom. The van der Waals surface area contributed by atoms with Gasteiger partial charge in [0.2, 0.25) is 5.91 Å². The molecule has 0 spiro atoms. The number of ether oxygens (including phenoxy) is 2. The van der Waals surface area contributed by atoms with Crippen LogP contribution in [0.1, 0.15) is 25.3 Å². The van der Waals surface area contributed by atoms with E-state index in [-0.39, 0.29) is 12.5 Å². The highest BCUT2D eigenvalue weighted by Gasteiger charge is 2.14. The predicted molar refractivity (Wildman–Crippen MR) is 80.7 cm³/mol. The number of carbonyl (C=O) groups is 1. The molecule has 0 fully saturated rings. The van der Waals surface area contributed by atoms with Gasteiger partial charge in [-0.3, -0.25) is 4.79 Å². The van der Waals surface area contributed by atoms with E-state index in [0.717, 1.165) is 24.9 Å². The van der Waals surface area contributed by atoms with Crippen LogP contribution in [0.2, 0.25) is 0 Å². The molecule has 0 aliphatic carbocycles. The SMILES string of the molecule is CCCCNCC(=O)Nc1c(OC)cc(C)cc1OC. The van der Waals surface area contributed by atoms with Crippen LogP contribution in [0.4, 0.5) is 5.69 Å². The molecule has 1 amide bonds. The third kappa shape index (κ3) is 4.74. The molecule has 1 aromatic rings. The van der Waals surface area contributed by atoms with Gasteiger partial charge in [0.25, 0.3) is 0 Å². The summed E-state index contributed by atoms with van der Waals surface area (Å²) in [5.74, 6) is 1.09. The molecule has 5 heteroatoms. The van der Waals surface area contributed by atoms with Gasteiger partial charge in [0.1, 0.15) is 17.2 Å². The van der Waals surface area contributed by atoms with E-state index in [1.807, 2.05) is 19.1 Å². The molecule has 0 bridgehead atoms. The van der Waals surface area contributed by atoms with Crippen molar-refractivity contribution in [3.05, 3.63) is 17.7 Å². The van der Waals surface area contributed by atoms with Crippen LogP contribution in [0.15, 0.2) is 12.1 Å². The van der Waals surface area contributed by atoms with Crippen molar-refractivity contribution in [1.82, 2.24) is 5.32 Å². The summed E-state index contributed by atoms with van der Waals surface area (Å²) in [5, 5.41) is 5.93. The number of nitrogens with one attached hydrogen (secondary N) is 2. The first-order chi connectivity index (χ1) is 9.62. The molecule has 0 saturated heterocycles. The predicted octanol–water partition coefficient (Wildman–Crippen LogP) is 2.34. The van der Waals surface area contributed by atoms with Crippen LogP contribution in [0.3, 0.4) is 0 Å².